The standard InChI is InChI=1S/C13H14FNO/c14-11-2-1-3-12-10(11)4-5-13(16-12)6-8-15-9-7-13/h1-5,15H,6-9H2. The Kier molecular flexibility index (Phi) is 2.21. The number of nitrogens with one attached hydrogen (secondary N) is 1. The summed E-state index contributed by atoms with van der Waals surface area (Å²) in [4.78, 5) is 0. The van der Waals surface area contributed by atoms with Gasteiger partial charge >= 0.3 is 0 Å². The Balaban J connectivity index is 1.97. The Morgan fingerprint density at radius 3 is 2.88 bits per heavy atom. The van der Waals surface area contributed by atoms with E-state index in [2.05, 4.69) is 5.32 Å². The molecule has 84 valence electrons. The summed E-state index contributed by atoms with van der Waals surface area (Å²) in [6.45, 7) is 1.91. The molecule has 0 aromatic heterocycles. The molecule has 1 saturated heterocycles. The van der Waals surface area contributed by atoms with Crippen LogP contribution in [-0.2, 0) is 0 Å². The van der Waals surface area contributed by atoms with E-state index in [-0.39, 0.29) is 11.4 Å². The van der Waals surface area contributed by atoms with Crippen molar-refractivity contribution in [3.63, 3.8) is 0 Å². The fourth-order valence-corrected chi connectivity index (χ4v) is 2.37. The summed E-state index contributed by atoms with van der Waals surface area (Å²) in [5.41, 5.74) is 0.359. The Morgan fingerprint density at radius 1 is 1.25 bits per heavy atom. The molecule has 1 spiro atoms. The number of benzene rings is 1. The lowest BCUT2D eigenvalue weighted by atomic mass is 9.89. The molecule has 2 aliphatic heterocycles. The molecule has 0 atom stereocenters. The lowest BCUT2D eigenvalue weighted by molar-refractivity contribution is 0.0818. The Morgan fingerprint density at radius 2 is 2.06 bits per heavy atom. The van der Waals surface area contributed by atoms with Crippen molar-refractivity contribution in [3.8, 4) is 5.75 Å². The van der Waals surface area contributed by atoms with Gasteiger partial charge in [-0.3, -0.25) is 0 Å². The van der Waals surface area contributed by atoms with Gasteiger partial charge in [-0.2, -0.15) is 0 Å². The van der Waals surface area contributed by atoms with Gasteiger partial charge in [0.25, 0.3) is 0 Å². The summed E-state index contributed by atoms with van der Waals surface area (Å²) < 4.78 is 19.5. The van der Waals surface area contributed by atoms with Gasteiger partial charge in [0.05, 0.1) is 5.56 Å². The summed E-state index contributed by atoms with van der Waals surface area (Å²) in [6.07, 6.45) is 5.76. The molecule has 0 unspecified atom stereocenters. The van der Waals surface area contributed by atoms with E-state index in [1.165, 1.54) is 6.07 Å². The highest BCUT2D eigenvalue weighted by atomic mass is 19.1. The Bertz CT molecular complexity index is 436. The molecule has 0 saturated carbocycles. The van der Waals surface area contributed by atoms with E-state index in [1.807, 2.05) is 18.2 Å². The van der Waals surface area contributed by atoms with Crippen LogP contribution in [-0.4, -0.2) is 18.7 Å². The largest absolute Gasteiger partial charge is 0.482 e. The average molecular weight is 219 g/mol. The van der Waals surface area contributed by atoms with Crippen molar-refractivity contribution in [2.45, 2.75) is 18.4 Å². The topological polar surface area (TPSA) is 21.3 Å². The van der Waals surface area contributed by atoms with Gasteiger partial charge in [-0.15, -0.1) is 0 Å². The Labute approximate surface area is 94.1 Å². The van der Waals surface area contributed by atoms with Crippen LogP contribution < -0.4 is 10.1 Å². The van der Waals surface area contributed by atoms with Gasteiger partial charge < -0.3 is 10.1 Å². The molecule has 1 N–H and O–H groups in total. The van der Waals surface area contributed by atoms with Crippen molar-refractivity contribution in [2.75, 3.05) is 13.1 Å². The lowest BCUT2D eigenvalue weighted by Crippen LogP contribution is -2.45. The number of ether oxygens (including phenoxy) is 1. The molecule has 16 heavy (non-hydrogen) atoms. The first-order chi connectivity index (χ1) is 7.79. The zero-order chi connectivity index (χ0) is 11.0. The van der Waals surface area contributed by atoms with Crippen molar-refractivity contribution in [1.29, 1.82) is 0 Å². The number of hydrogen-bond acceptors (Lipinski definition) is 2. The van der Waals surface area contributed by atoms with Crippen LogP contribution in [0.5, 0.6) is 5.75 Å². The zero-order valence-electron chi connectivity index (χ0n) is 9.00. The van der Waals surface area contributed by atoms with Crippen molar-refractivity contribution >= 4 is 6.08 Å². The maximum atomic E-state index is 13.5. The second-order valence-electron chi connectivity index (χ2n) is 4.40. The van der Waals surface area contributed by atoms with E-state index in [1.54, 1.807) is 6.07 Å². The maximum Gasteiger partial charge on any atom is 0.134 e. The predicted octanol–water partition coefficient (Wildman–Crippen LogP) is 2.35. The normalized spacial score (nSPS) is 21.6. The highest BCUT2D eigenvalue weighted by Gasteiger charge is 2.34. The minimum atomic E-state index is -0.216. The average Bonchev–Trinajstić information content (AvgIpc) is 2.30. The quantitative estimate of drug-likeness (QED) is 0.723. The first kappa shape index (κ1) is 9.85. The number of halogens is 1. The van der Waals surface area contributed by atoms with Crippen molar-refractivity contribution in [1.82, 2.24) is 5.32 Å². The Hall–Kier alpha value is -1.35. The van der Waals surface area contributed by atoms with Gasteiger partial charge in [0.1, 0.15) is 17.2 Å². The van der Waals surface area contributed by atoms with Crippen LogP contribution in [0.4, 0.5) is 4.39 Å². The number of rotatable bonds is 0. The van der Waals surface area contributed by atoms with Gasteiger partial charge in [-0.1, -0.05) is 6.07 Å². The van der Waals surface area contributed by atoms with E-state index >= 15 is 0 Å². The van der Waals surface area contributed by atoms with Gasteiger partial charge in [-0.05, 0) is 37.4 Å². The fraction of sp³-hybridized carbons (Fsp3) is 0.385. The minimum Gasteiger partial charge on any atom is -0.482 e. The third-order valence-corrected chi connectivity index (χ3v) is 3.33. The van der Waals surface area contributed by atoms with E-state index in [9.17, 15) is 4.39 Å². The molecule has 1 fully saturated rings. The van der Waals surface area contributed by atoms with E-state index in [4.69, 9.17) is 4.74 Å². The molecule has 2 heterocycles. The van der Waals surface area contributed by atoms with Crippen LogP contribution in [0, 0.1) is 5.82 Å². The molecule has 3 heteroatoms. The van der Waals surface area contributed by atoms with Crippen LogP contribution in [0.3, 0.4) is 0 Å². The lowest BCUT2D eigenvalue weighted by Gasteiger charge is -2.38. The summed E-state index contributed by atoms with van der Waals surface area (Å²) >= 11 is 0. The van der Waals surface area contributed by atoms with Crippen LogP contribution in [0.2, 0.25) is 0 Å². The van der Waals surface area contributed by atoms with Crippen molar-refractivity contribution in [2.24, 2.45) is 0 Å². The van der Waals surface area contributed by atoms with Crippen molar-refractivity contribution in [3.05, 3.63) is 35.7 Å². The van der Waals surface area contributed by atoms with Crippen LogP contribution in [0.25, 0.3) is 6.08 Å². The first-order valence-electron chi connectivity index (χ1n) is 5.67. The van der Waals surface area contributed by atoms with E-state index in [0.29, 0.717) is 11.3 Å². The number of fused-ring (bicyclic) bond motifs is 1. The van der Waals surface area contributed by atoms with Crippen molar-refractivity contribution < 1.29 is 9.13 Å². The molecule has 2 aliphatic rings. The monoisotopic (exact) mass is 219 g/mol. The molecule has 3 rings (SSSR count). The van der Waals surface area contributed by atoms with E-state index in [0.717, 1.165) is 25.9 Å². The highest BCUT2D eigenvalue weighted by molar-refractivity contribution is 5.61. The highest BCUT2D eigenvalue weighted by Crippen LogP contribution is 2.36. The molecular formula is C13H14FNO. The zero-order valence-corrected chi connectivity index (χ0v) is 9.00. The molecule has 0 bridgehead atoms. The number of hydrogen-bond donors (Lipinski definition) is 1. The van der Waals surface area contributed by atoms with Crippen LogP contribution in [0.15, 0.2) is 24.3 Å². The number of piperidine rings is 1. The maximum absolute atomic E-state index is 13.5. The third-order valence-electron chi connectivity index (χ3n) is 3.33. The van der Waals surface area contributed by atoms with E-state index < -0.39 is 0 Å². The third kappa shape index (κ3) is 1.52. The molecule has 0 amide bonds. The molecule has 1 aromatic rings. The molecule has 0 aliphatic carbocycles. The predicted molar refractivity (Wildman–Crippen MR) is 60.9 cm³/mol. The van der Waals surface area contributed by atoms with Crippen LogP contribution >= 0.6 is 0 Å². The first-order valence-corrected chi connectivity index (χ1v) is 5.67. The summed E-state index contributed by atoms with van der Waals surface area (Å²) in [5, 5.41) is 3.30. The van der Waals surface area contributed by atoms with Gasteiger partial charge in [0, 0.05) is 12.8 Å². The SMILES string of the molecule is Fc1cccc2c1C=CC1(CCNCC1)O2. The van der Waals surface area contributed by atoms with Gasteiger partial charge in [0.15, 0.2) is 0 Å². The molecule has 0 radical (unpaired) electrons. The summed E-state index contributed by atoms with van der Waals surface area (Å²) in [5.74, 6) is 0.460. The summed E-state index contributed by atoms with van der Waals surface area (Å²) in [7, 11) is 0. The van der Waals surface area contributed by atoms with Gasteiger partial charge in [-0.25, -0.2) is 4.39 Å². The second-order valence-corrected chi connectivity index (χ2v) is 4.40. The molecule has 1 aromatic carbocycles. The fourth-order valence-electron chi connectivity index (χ4n) is 2.37. The molecular weight excluding hydrogens is 205 g/mol. The van der Waals surface area contributed by atoms with Crippen LogP contribution in [0.1, 0.15) is 18.4 Å². The smallest absolute Gasteiger partial charge is 0.134 e. The van der Waals surface area contributed by atoms with Gasteiger partial charge in [0.2, 0.25) is 0 Å². The molecule has 2 nitrogen and oxygen atoms in total. The minimum absolute atomic E-state index is 0.211. The summed E-state index contributed by atoms with van der Waals surface area (Å²) in [6, 6.07) is 5.00. The second kappa shape index (κ2) is 3.59.